The Morgan fingerprint density at radius 1 is 1.12 bits per heavy atom. The van der Waals surface area contributed by atoms with E-state index in [0.29, 0.717) is 17.1 Å². The number of anilines is 3. The number of methoxy groups -OCH3 is 1. The van der Waals surface area contributed by atoms with Gasteiger partial charge in [0, 0.05) is 24.1 Å². The Kier molecular flexibility index (Phi) is 4.27. The molecule has 4 rings (SSSR count). The zero-order chi connectivity index (χ0) is 17.9. The van der Waals surface area contributed by atoms with E-state index in [9.17, 15) is 4.79 Å². The lowest BCUT2D eigenvalue weighted by atomic mass is 10.2. The van der Waals surface area contributed by atoms with E-state index in [2.05, 4.69) is 33.4 Å². The highest BCUT2D eigenvalue weighted by molar-refractivity contribution is 6.04. The van der Waals surface area contributed by atoms with Gasteiger partial charge in [0.15, 0.2) is 0 Å². The van der Waals surface area contributed by atoms with Crippen LogP contribution in [0, 0.1) is 0 Å². The fraction of sp³-hybridized carbons (Fsp3) is 0.143. The molecule has 0 spiro atoms. The Hall–Kier alpha value is -3.34. The first-order valence-electron chi connectivity index (χ1n) is 8.52. The minimum atomic E-state index is -0.260. The molecule has 1 N–H and O–H groups in total. The maximum absolute atomic E-state index is 12.6. The SMILES string of the molecule is COc1ccccc1NC(=O)c1cc(N2CCc3ccccc32)ccn1. The largest absolute Gasteiger partial charge is 0.495 e. The Bertz CT molecular complexity index is 955. The molecule has 0 bridgehead atoms. The molecule has 0 saturated carbocycles. The average Bonchev–Trinajstić information content (AvgIpc) is 3.12. The van der Waals surface area contributed by atoms with Crippen molar-refractivity contribution < 1.29 is 9.53 Å². The van der Waals surface area contributed by atoms with Crippen molar-refractivity contribution >= 4 is 23.0 Å². The molecular weight excluding hydrogens is 326 g/mol. The number of aromatic nitrogens is 1. The van der Waals surface area contributed by atoms with Crippen molar-refractivity contribution in [1.29, 1.82) is 0 Å². The predicted octanol–water partition coefficient (Wildman–Crippen LogP) is 4.04. The van der Waals surface area contributed by atoms with E-state index in [-0.39, 0.29) is 5.91 Å². The Labute approximate surface area is 152 Å². The summed E-state index contributed by atoms with van der Waals surface area (Å²) in [6.45, 7) is 0.900. The smallest absolute Gasteiger partial charge is 0.274 e. The second-order valence-electron chi connectivity index (χ2n) is 6.08. The van der Waals surface area contributed by atoms with Gasteiger partial charge in [0.1, 0.15) is 11.4 Å². The van der Waals surface area contributed by atoms with Crippen LogP contribution < -0.4 is 15.0 Å². The minimum absolute atomic E-state index is 0.260. The van der Waals surface area contributed by atoms with Crippen molar-refractivity contribution in [2.24, 2.45) is 0 Å². The van der Waals surface area contributed by atoms with Gasteiger partial charge in [-0.1, -0.05) is 30.3 Å². The number of pyridine rings is 1. The van der Waals surface area contributed by atoms with E-state index in [1.807, 2.05) is 30.3 Å². The predicted molar refractivity (Wildman–Crippen MR) is 102 cm³/mol. The number of rotatable bonds is 4. The van der Waals surface area contributed by atoms with Crippen LogP contribution in [-0.2, 0) is 6.42 Å². The van der Waals surface area contributed by atoms with Gasteiger partial charge in [-0.05, 0) is 42.3 Å². The number of hydrogen-bond donors (Lipinski definition) is 1. The normalized spacial score (nSPS) is 12.6. The van der Waals surface area contributed by atoms with E-state index < -0.39 is 0 Å². The monoisotopic (exact) mass is 345 g/mol. The van der Waals surface area contributed by atoms with Crippen LogP contribution in [0.25, 0.3) is 0 Å². The van der Waals surface area contributed by atoms with Crippen LogP contribution in [0.2, 0.25) is 0 Å². The maximum atomic E-state index is 12.6. The molecule has 0 aliphatic carbocycles. The molecule has 0 fully saturated rings. The van der Waals surface area contributed by atoms with Crippen molar-refractivity contribution in [3.05, 3.63) is 78.1 Å². The van der Waals surface area contributed by atoms with Crippen molar-refractivity contribution in [3.63, 3.8) is 0 Å². The van der Waals surface area contributed by atoms with Gasteiger partial charge in [-0.2, -0.15) is 0 Å². The number of ether oxygens (including phenoxy) is 1. The van der Waals surface area contributed by atoms with Crippen LogP contribution in [0.3, 0.4) is 0 Å². The molecule has 0 atom stereocenters. The van der Waals surface area contributed by atoms with Crippen LogP contribution in [0.15, 0.2) is 66.9 Å². The lowest BCUT2D eigenvalue weighted by Crippen LogP contribution is -2.17. The third-order valence-electron chi connectivity index (χ3n) is 4.53. The number of para-hydroxylation sites is 3. The number of fused-ring (bicyclic) bond motifs is 1. The van der Waals surface area contributed by atoms with Gasteiger partial charge in [-0.3, -0.25) is 9.78 Å². The van der Waals surface area contributed by atoms with Gasteiger partial charge in [0.05, 0.1) is 12.8 Å². The van der Waals surface area contributed by atoms with E-state index in [1.54, 1.807) is 25.4 Å². The molecule has 26 heavy (non-hydrogen) atoms. The second-order valence-corrected chi connectivity index (χ2v) is 6.08. The highest BCUT2D eigenvalue weighted by atomic mass is 16.5. The Balaban J connectivity index is 1.59. The lowest BCUT2D eigenvalue weighted by Gasteiger charge is -2.20. The zero-order valence-corrected chi connectivity index (χ0v) is 14.5. The highest BCUT2D eigenvalue weighted by Crippen LogP contribution is 2.34. The average molecular weight is 345 g/mol. The van der Waals surface area contributed by atoms with E-state index in [0.717, 1.165) is 18.7 Å². The second kappa shape index (κ2) is 6.88. The third kappa shape index (κ3) is 2.99. The van der Waals surface area contributed by atoms with Crippen molar-refractivity contribution in [2.45, 2.75) is 6.42 Å². The van der Waals surface area contributed by atoms with Gasteiger partial charge in [-0.15, -0.1) is 0 Å². The zero-order valence-electron chi connectivity index (χ0n) is 14.5. The molecule has 3 aromatic rings. The summed E-state index contributed by atoms with van der Waals surface area (Å²) in [5.41, 5.74) is 4.48. The van der Waals surface area contributed by atoms with Crippen LogP contribution in [-0.4, -0.2) is 24.5 Å². The van der Waals surface area contributed by atoms with Crippen molar-refractivity contribution in [3.8, 4) is 5.75 Å². The number of carbonyl (C=O) groups excluding carboxylic acids is 1. The molecule has 5 heteroatoms. The molecule has 2 heterocycles. The van der Waals surface area contributed by atoms with Gasteiger partial charge in [0.2, 0.25) is 0 Å². The molecule has 1 aliphatic heterocycles. The summed E-state index contributed by atoms with van der Waals surface area (Å²) in [7, 11) is 1.58. The molecule has 1 amide bonds. The molecule has 0 radical (unpaired) electrons. The first-order valence-corrected chi connectivity index (χ1v) is 8.52. The fourth-order valence-electron chi connectivity index (χ4n) is 3.25. The molecule has 1 aromatic heterocycles. The first-order chi connectivity index (χ1) is 12.8. The Morgan fingerprint density at radius 3 is 2.81 bits per heavy atom. The number of nitrogens with one attached hydrogen (secondary N) is 1. The standard InChI is InChI=1S/C21H19N3O2/c1-26-20-9-5-3-7-17(20)23-21(25)18-14-16(10-12-22-18)24-13-11-15-6-2-4-8-19(15)24/h2-10,12,14H,11,13H2,1H3,(H,23,25). The summed E-state index contributed by atoms with van der Waals surface area (Å²) in [6.07, 6.45) is 2.68. The number of hydrogen-bond acceptors (Lipinski definition) is 4. The van der Waals surface area contributed by atoms with Crippen LogP contribution in [0.1, 0.15) is 16.1 Å². The van der Waals surface area contributed by atoms with Crippen LogP contribution in [0.5, 0.6) is 5.75 Å². The van der Waals surface area contributed by atoms with Crippen molar-refractivity contribution in [2.75, 3.05) is 23.9 Å². The lowest BCUT2D eigenvalue weighted by molar-refractivity contribution is 0.102. The summed E-state index contributed by atoms with van der Waals surface area (Å²) in [5.74, 6) is 0.356. The fourth-order valence-corrected chi connectivity index (χ4v) is 3.25. The van der Waals surface area contributed by atoms with Gasteiger partial charge < -0.3 is 15.0 Å². The van der Waals surface area contributed by atoms with E-state index in [1.165, 1.54) is 11.3 Å². The topological polar surface area (TPSA) is 54.5 Å². The molecular formula is C21H19N3O2. The van der Waals surface area contributed by atoms with Crippen molar-refractivity contribution in [1.82, 2.24) is 4.98 Å². The minimum Gasteiger partial charge on any atom is -0.495 e. The maximum Gasteiger partial charge on any atom is 0.274 e. The molecule has 0 saturated heterocycles. The van der Waals surface area contributed by atoms with Crippen LogP contribution >= 0.6 is 0 Å². The van der Waals surface area contributed by atoms with E-state index >= 15 is 0 Å². The number of amides is 1. The van der Waals surface area contributed by atoms with Gasteiger partial charge >= 0.3 is 0 Å². The Morgan fingerprint density at radius 2 is 1.92 bits per heavy atom. The summed E-state index contributed by atoms with van der Waals surface area (Å²) in [6, 6.07) is 19.4. The summed E-state index contributed by atoms with van der Waals surface area (Å²) in [5, 5.41) is 2.87. The quantitative estimate of drug-likeness (QED) is 0.775. The van der Waals surface area contributed by atoms with Gasteiger partial charge in [-0.25, -0.2) is 0 Å². The first kappa shape index (κ1) is 16.1. The van der Waals surface area contributed by atoms with Gasteiger partial charge in [0.25, 0.3) is 5.91 Å². The summed E-state index contributed by atoms with van der Waals surface area (Å²) >= 11 is 0. The molecule has 2 aromatic carbocycles. The molecule has 1 aliphatic rings. The molecule has 5 nitrogen and oxygen atoms in total. The summed E-state index contributed by atoms with van der Waals surface area (Å²) < 4.78 is 5.28. The summed E-state index contributed by atoms with van der Waals surface area (Å²) in [4.78, 5) is 19.1. The number of carbonyl (C=O) groups is 1. The molecule has 0 unspecified atom stereocenters. The number of benzene rings is 2. The number of nitrogens with zero attached hydrogens (tertiary/aromatic N) is 2. The van der Waals surface area contributed by atoms with Crippen LogP contribution in [0.4, 0.5) is 17.1 Å². The molecule has 130 valence electrons. The third-order valence-corrected chi connectivity index (χ3v) is 4.53. The highest BCUT2D eigenvalue weighted by Gasteiger charge is 2.21. The van der Waals surface area contributed by atoms with E-state index in [4.69, 9.17) is 4.74 Å².